The predicted octanol–water partition coefficient (Wildman–Crippen LogP) is 2.37. The number of sulfonamides is 1. The Kier molecular flexibility index (Phi) is 6.59. The van der Waals surface area contributed by atoms with E-state index >= 15 is 0 Å². The maximum atomic E-state index is 12.9. The van der Waals surface area contributed by atoms with Gasteiger partial charge < -0.3 is 10.5 Å². The van der Waals surface area contributed by atoms with E-state index < -0.39 is 10.0 Å². The number of rotatable bonds is 5. The van der Waals surface area contributed by atoms with Crippen LogP contribution in [-0.2, 0) is 21.4 Å². The van der Waals surface area contributed by atoms with Crippen LogP contribution in [0.3, 0.4) is 0 Å². The molecule has 1 heterocycles. The molecule has 25 heavy (non-hydrogen) atoms. The fraction of sp³-hybridized carbons (Fsp3) is 0.333. The van der Waals surface area contributed by atoms with Crippen LogP contribution in [0.15, 0.2) is 59.5 Å². The fourth-order valence-electron chi connectivity index (χ4n) is 3.11. The number of halogens is 1. The first-order valence-electron chi connectivity index (χ1n) is 7.91. The zero-order valence-corrected chi connectivity index (χ0v) is 15.7. The molecule has 0 radical (unpaired) electrons. The lowest BCUT2D eigenvalue weighted by molar-refractivity contribution is 0.185. The first-order chi connectivity index (χ1) is 11.5. The molecule has 0 saturated carbocycles. The molecule has 2 atom stereocenters. The largest absolute Gasteiger partial charge is 0.380 e. The standard InChI is InChI=1S/C18H22N2O3S.ClH/c1-23-13-14-7-9-16(10-8-14)24(21,22)20-11-17(18(19)12-20)15-5-3-2-4-6-15;/h2-10,17-18H,11-13,19H2,1H3;1H/t17-,18+;/m0./s1. The first-order valence-corrected chi connectivity index (χ1v) is 9.35. The second-order valence-corrected chi connectivity index (χ2v) is 8.02. The van der Waals surface area contributed by atoms with Crippen LogP contribution in [0.2, 0.25) is 0 Å². The van der Waals surface area contributed by atoms with Crippen molar-refractivity contribution >= 4 is 22.4 Å². The highest BCUT2D eigenvalue weighted by molar-refractivity contribution is 7.89. The molecule has 136 valence electrons. The van der Waals surface area contributed by atoms with E-state index in [2.05, 4.69) is 0 Å². The van der Waals surface area contributed by atoms with Crippen LogP contribution in [-0.4, -0.2) is 39.0 Å². The van der Waals surface area contributed by atoms with E-state index in [-0.39, 0.29) is 24.4 Å². The number of benzene rings is 2. The van der Waals surface area contributed by atoms with Crippen molar-refractivity contribution in [3.05, 3.63) is 65.7 Å². The molecule has 1 aliphatic rings. The number of ether oxygens (including phenoxy) is 1. The molecule has 0 aromatic heterocycles. The van der Waals surface area contributed by atoms with Gasteiger partial charge in [0.15, 0.2) is 0 Å². The Hall–Kier alpha value is -1.44. The minimum Gasteiger partial charge on any atom is -0.380 e. The molecule has 0 spiro atoms. The lowest BCUT2D eigenvalue weighted by Gasteiger charge is -2.17. The average molecular weight is 383 g/mol. The lowest BCUT2D eigenvalue weighted by Crippen LogP contribution is -2.32. The van der Waals surface area contributed by atoms with Gasteiger partial charge in [0, 0.05) is 32.2 Å². The number of hydrogen-bond donors (Lipinski definition) is 1. The molecule has 1 saturated heterocycles. The molecule has 1 aliphatic heterocycles. The smallest absolute Gasteiger partial charge is 0.243 e. The van der Waals surface area contributed by atoms with Gasteiger partial charge >= 0.3 is 0 Å². The normalized spacial score (nSPS) is 21.0. The monoisotopic (exact) mass is 382 g/mol. The van der Waals surface area contributed by atoms with Crippen LogP contribution in [0.25, 0.3) is 0 Å². The first kappa shape index (κ1) is 19.9. The van der Waals surface area contributed by atoms with Gasteiger partial charge in [-0.1, -0.05) is 42.5 Å². The van der Waals surface area contributed by atoms with Crippen LogP contribution in [0, 0.1) is 0 Å². The Morgan fingerprint density at radius 1 is 1.08 bits per heavy atom. The molecule has 5 nitrogen and oxygen atoms in total. The highest BCUT2D eigenvalue weighted by atomic mass is 35.5. The molecule has 7 heteroatoms. The third kappa shape index (κ3) is 4.22. The summed E-state index contributed by atoms with van der Waals surface area (Å²) < 4.78 is 32.3. The van der Waals surface area contributed by atoms with Gasteiger partial charge in [-0.05, 0) is 23.3 Å². The van der Waals surface area contributed by atoms with Gasteiger partial charge in [0.1, 0.15) is 0 Å². The van der Waals surface area contributed by atoms with Crippen molar-refractivity contribution in [3.8, 4) is 0 Å². The van der Waals surface area contributed by atoms with Crippen molar-refractivity contribution in [1.82, 2.24) is 4.31 Å². The zero-order chi connectivity index (χ0) is 17.2. The Labute approximate surface area is 155 Å². The van der Waals surface area contributed by atoms with Crippen molar-refractivity contribution in [2.45, 2.75) is 23.5 Å². The van der Waals surface area contributed by atoms with E-state index in [1.807, 2.05) is 30.3 Å². The molecule has 2 N–H and O–H groups in total. The molecule has 0 aliphatic carbocycles. The van der Waals surface area contributed by atoms with Gasteiger partial charge in [-0.15, -0.1) is 12.4 Å². The van der Waals surface area contributed by atoms with Gasteiger partial charge in [-0.25, -0.2) is 8.42 Å². The zero-order valence-electron chi connectivity index (χ0n) is 14.0. The SMILES string of the molecule is COCc1ccc(S(=O)(=O)N2C[C@@H](N)[C@H](c3ccccc3)C2)cc1.Cl. The summed E-state index contributed by atoms with van der Waals surface area (Å²) in [5.74, 6) is 0.0220. The van der Waals surface area contributed by atoms with Crippen molar-refractivity contribution in [1.29, 1.82) is 0 Å². The van der Waals surface area contributed by atoms with Crippen molar-refractivity contribution in [3.63, 3.8) is 0 Å². The molecule has 0 bridgehead atoms. The van der Waals surface area contributed by atoms with Crippen LogP contribution in [0.1, 0.15) is 17.0 Å². The maximum absolute atomic E-state index is 12.9. The van der Waals surface area contributed by atoms with Gasteiger partial charge in [0.2, 0.25) is 10.0 Å². The minimum atomic E-state index is -3.53. The summed E-state index contributed by atoms with van der Waals surface area (Å²) in [6.45, 7) is 1.21. The summed E-state index contributed by atoms with van der Waals surface area (Å²) >= 11 is 0. The molecule has 2 aromatic rings. The van der Waals surface area contributed by atoms with E-state index in [0.29, 0.717) is 24.6 Å². The predicted molar refractivity (Wildman–Crippen MR) is 100 cm³/mol. The summed E-state index contributed by atoms with van der Waals surface area (Å²) in [6.07, 6.45) is 0. The molecule has 2 aromatic carbocycles. The van der Waals surface area contributed by atoms with Crippen LogP contribution >= 0.6 is 12.4 Å². The van der Waals surface area contributed by atoms with E-state index in [1.165, 1.54) is 4.31 Å². The molecular formula is C18H23ClN2O3S. The van der Waals surface area contributed by atoms with Gasteiger partial charge in [-0.2, -0.15) is 4.31 Å². The van der Waals surface area contributed by atoms with E-state index in [4.69, 9.17) is 10.5 Å². The maximum Gasteiger partial charge on any atom is 0.243 e. The Morgan fingerprint density at radius 2 is 1.72 bits per heavy atom. The molecular weight excluding hydrogens is 360 g/mol. The molecule has 3 rings (SSSR count). The molecule has 0 unspecified atom stereocenters. The quantitative estimate of drug-likeness (QED) is 0.861. The summed E-state index contributed by atoms with van der Waals surface area (Å²) in [4.78, 5) is 0.295. The Bertz CT molecular complexity index is 782. The van der Waals surface area contributed by atoms with Crippen molar-refractivity contribution < 1.29 is 13.2 Å². The van der Waals surface area contributed by atoms with Crippen molar-refractivity contribution in [2.75, 3.05) is 20.2 Å². The van der Waals surface area contributed by atoms with Gasteiger partial charge in [-0.3, -0.25) is 0 Å². The van der Waals surface area contributed by atoms with E-state index in [9.17, 15) is 8.42 Å². The van der Waals surface area contributed by atoms with Crippen LogP contribution < -0.4 is 5.73 Å². The van der Waals surface area contributed by atoms with Crippen LogP contribution in [0.5, 0.6) is 0 Å². The topological polar surface area (TPSA) is 72.6 Å². The van der Waals surface area contributed by atoms with E-state index in [0.717, 1.165) is 11.1 Å². The average Bonchev–Trinajstić information content (AvgIpc) is 2.99. The highest BCUT2D eigenvalue weighted by Gasteiger charge is 2.38. The summed E-state index contributed by atoms with van der Waals surface area (Å²) in [5.41, 5.74) is 8.24. The third-order valence-electron chi connectivity index (χ3n) is 4.43. The highest BCUT2D eigenvalue weighted by Crippen LogP contribution is 2.30. The fourth-order valence-corrected chi connectivity index (χ4v) is 4.62. The number of nitrogens with zero attached hydrogens (tertiary/aromatic N) is 1. The second-order valence-electron chi connectivity index (χ2n) is 6.08. The number of hydrogen-bond acceptors (Lipinski definition) is 4. The number of nitrogens with two attached hydrogens (primary N) is 1. The van der Waals surface area contributed by atoms with E-state index in [1.54, 1.807) is 31.4 Å². The van der Waals surface area contributed by atoms with Gasteiger partial charge in [0.25, 0.3) is 0 Å². The third-order valence-corrected chi connectivity index (χ3v) is 6.28. The minimum absolute atomic E-state index is 0. The summed E-state index contributed by atoms with van der Waals surface area (Å²) in [5, 5.41) is 0. The molecule has 0 amide bonds. The van der Waals surface area contributed by atoms with Gasteiger partial charge in [0.05, 0.1) is 11.5 Å². The second kappa shape index (κ2) is 8.29. The summed E-state index contributed by atoms with van der Waals surface area (Å²) in [6, 6.07) is 16.5. The lowest BCUT2D eigenvalue weighted by atomic mass is 9.95. The molecule has 1 fully saturated rings. The van der Waals surface area contributed by atoms with Crippen molar-refractivity contribution in [2.24, 2.45) is 5.73 Å². The summed E-state index contributed by atoms with van der Waals surface area (Å²) in [7, 11) is -1.92. The Morgan fingerprint density at radius 3 is 2.32 bits per heavy atom. The Balaban J connectivity index is 0.00000225. The number of methoxy groups -OCH3 is 1. The van der Waals surface area contributed by atoms with Crippen LogP contribution in [0.4, 0.5) is 0 Å².